The quantitative estimate of drug-likeness (QED) is 0.704. The summed E-state index contributed by atoms with van der Waals surface area (Å²) in [7, 11) is 0. The van der Waals surface area contributed by atoms with Crippen LogP contribution in [0.2, 0.25) is 0 Å². The van der Waals surface area contributed by atoms with Crippen molar-refractivity contribution in [3.8, 4) is 5.75 Å². The SMILES string of the molecule is Cc1cc(Nc2ncc(Br)c(CCC3CCCO3)n2)ccc1O.Cl. The highest BCUT2D eigenvalue weighted by atomic mass is 79.9. The Hall–Kier alpha value is -1.37. The molecule has 1 atom stereocenters. The lowest BCUT2D eigenvalue weighted by Gasteiger charge is -2.11. The van der Waals surface area contributed by atoms with E-state index >= 15 is 0 Å². The number of aromatic hydroxyl groups is 1. The molecule has 130 valence electrons. The topological polar surface area (TPSA) is 67.3 Å². The van der Waals surface area contributed by atoms with Crippen molar-refractivity contribution in [1.29, 1.82) is 0 Å². The van der Waals surface area contributed by atoms with Crippen LogP contribution in [0.25, 0.3) is 0 Å². The number of aromatic nitrogens is 2. The Kier molecular flexibility index (Phi) is 6.83. The minimum atomic E-state index is 0. The van der Waals surface area contributed by atoms with Gasteiger partial charge in [0.1, 0.15) is 5.75 Å². The van der Waals surface area contributed by atoms with Gasteiger partial charge in [-0.25, -0.2) is 9.97 Å². The second-order valence-corrected chi connectivity index (χ2v) is 6.64. The Balaban J connectivity index is 0.00000208. The lowest BCUT2D eigenvalue weighted by molar-refractivity contribution is 0.104. The van der Waals surface area contributed by atoms with Crippen molar-refractivity contribution in [3.63, 3.8) is 0 Å². The Morgan fingerprint density at radius 1 is 1.42 bits per heavy atom. The number of aryl methyl sites for hydroxylation is 2. The first-order valence-corrected chi connectivity index (χ1v) is 8.61. The molecule has 2 aromatic rings. The van der Waals surface area contributed by atoms with Gasteiger partial charge in [-0.1, -0.05) is 0 Å². The largest absolute Gasteiger partial charge is 0.508 e. The molecule has 0 amide bonds. The highest BCUT2D eigenvalue weighted by Gasteiger charge is 2.16. The van der Waals surface area contributed by atoms with Gasteiger partial charge in [-0.3, -0.25) is 0 Å². The standard InChI is InChI=1S/C17H20BrN3O2.ClH/c1-11-9-12(4-7-16(11)22)20-17-19-10-14(18)15(21-17)6-5-13-3-2-8-23-13;/h4,7,9-10,13,22H,2-3,5-6,8H2,1H3,(H,19,20,21);1H. The number of nitrogens with zero attached hydrogens (tertiary/aromatic N) is 2. The summed E-state index contributed by atoms with van der Waals surface area (Å²) in [4.78, 5) is 8.90. The molecule has 1 fully saturated rings. The molecule has 24 heavy (non-hydrogen) atoms. The van der Waals surface area contributed by atoms with Gasteiger partial charge in [-0.15, -0.1) is 12.4 Å². The summed E-state index contributed by atoms with van der Waals surface area (Å²) >= 11 is 3.52. The van der Waals surface area contributed by atoms with E-state index in [0.717, 1.165) is 53.7 Å². The Bertz CT molecular complexity index is 694. The molecule has 5 nitrogen and oxygen atoms in total. The van der Waals surface area contributed by atoms with E-state index in [1.54, 1.807) is 18.3 Å². The molecular formula is C17H21BrClN3O2. The van der Waals surface area contributed by atoms with Gasteiger partial charge < -0.3 is 15.2 Å². The summed E-state index contributed by atoms with van der Waals surface area (Å²) in [5.74, 6) is 0.838. The molecule has 3 rings (SSSR count). The van der Waals surface area contributed by atoms with Crippen molar-refractivity contribution in [3.05, 3.63) is 40.1 Å². The van der Waals surface area contributed by atoms with Crippen LogP contribution < -0.4 is 5.32 Å². The molecule has 1 aliphatic heterocycles. The molecule has 0 radical (unpaired) electrons. The normalized spacial score (nSPS) is 16.7. The van der Waals surface area contributed by atoms with Crippen LogP contribution in [0.1, 0.15) is 30.5 Å². The predicted octanol–water partition coefficient (Wildman–Crippen LogP) is 4.53. The summed E-state index contributed by atoms with van der Waals surface area (Å²) in [5.41, 5.74) is 2.65. The van der Waals surface area contributed by atoms with Crippen molar-refractivity contribution < 1.29 is 9.84 Å². The monoisotopic (exact) mass is 413 g/mol. The first-order valence-electron chi connectivity index (χ1n) is 7.81. The highest BCUT2D eigenvalue weighted by Crippen LogP contribution is 2.24. The Labute approximate surface area is 156 Å². The third-order valence-corrected chi connectivity index (χ3v) is 4.66. The van der Waals surface area contributed by atoms with Gasteiger partial charge in [0.05, 0.1) is 16.3 Å². The van der Waals surface area contributed by atoms with Crippen LogP contribution in [0.5, 0.6) is 5.75 Å². The zero-order valence-electron chi connectivity index (χ0n) is 13.5. The smallest absolute Gasteiger partial charge is 0.227 e. The number of nitrogens with one attached hydrogen (secondary N) is 1. The van der Waals surface area contributed by atoms with E-state index in [2.05, 4.69) is 31.2 Å². The van der Waals surface area contributed by atoms with Crippen molar-refractivity contribution in [1.82, 2.24) is 9.97 Å². The second kappa shape index (κ2) is 8.65. The maximum absolute atomic E-state index is 9.59. The third kappa shape index (κ3) is 4.82. The maximum Gasteiger partial charge on any atom is 0.227 e. The average molecular weight is 415 g/mol. The molecule has 0 saturated carbocycles. The van der Waals surface area contributed by atoms with Crippen molar-refractivity contribution in [2.24, 2.45) is 0 Å². The molecule has 1 aliphatic rings. The van der Waals surface area contributed by atoms with E-state index in [1.165, 1.54) is 0 Å². The van der Waals surface area contributed by atoms with E-state index < -0.39 is 0 Å². The van der Waals surface area contributed by atoms with Gasteiger partial charge in [0.25, 0.3) is 0 Å². The van der Waals surface area contributed by atoms with Gasteiger partial charge in [0.2, 0.25) is 5.95 Å². The van der Waals surface area contributed by atoms with Gasteiger partial charge in [-0.2, -0.15) is 0 Å². The number of benzene rings is 1. The van der Waals surface area contributed by atoms with Gasteiger partial charge in [0.15, 0.2) is 0 Å². The fourth-order valence-electron chi connectivity index (χ4n) is 2.67. The first kappa shape index (κ1) is 19.0. The number of hydrogen-bond donors (Lipinski definition) is 2. The summed E-state index contributed by atoms with van der Waals surface area (Å²) in [5, 5.41) is 12.8. The van der Waals surface area contributed by atoms with Crippen LogP contribution in [-0.4, -0.2) is 27.8 Å². The van der Waals surface area contributed by atoms with Gasteiger partial charge in [-0.05, 0) is 72.3 Å². The zero-order valence-corrected chi connectivity index (χ0v) is 15.9. The molecule has 0 spiro atoms. The van der Waals surface area contributed by atoms with E-state index in [1.807, 2.05) is 13.0 Å². The van der Waals surface area contributed by atoms with Gasteiger partial charge >= 0.3 is 0 Å². The Morgan fingerprint density at radius 2 is 2.25 bits per heavy atom. The highest BCUT2D eigenvalue weighted by molar-refractivity contribution is 9.10. The van der Waals surface area contributed by atoms with Crippen LogP contribution in [0.3, 0.4) is 0 Å². The average Bonchev–Trinajstić information content (AvgIpc) is 3.05. The number of rotatable bonds is 5. The molecule has 0 bridgehead atoms. The van der Waals surface area contributed by atoms with Crippen molar-refractivity contribution >= 4 is 40.0 Å². The molecule has 1 aromatic carbocycles. The van der Waals surface area contributed by atoms with Crippen LogP contribution in [0.15, 0.2) is 28.9 Å². The van der Waals surface area contributed by atoms with Crippen LogP contribution in [-0.2, 0) is 11.2 Å². The fourth-order valence-corrected chi connectivity index (χ4v) is 3.06. The minimum Gasteiger partial charge on any atom is -0.508 e. The molecule has 1 aromatic heterocycles. The second-order valence-electron chi connectivity index (χ2n) is 5.79. The minimum absolute atomic E-state index is 0. The summed E-state index contributed by atoms with van der Waals surface area (Å²) in [6.45, 7) is 2.73. The maximum atomic E-state index is 9.59. The van der Waals surface area contributed by atoms with Crippen LogP contribution in [0, 0.1) is 6.92 Å². The van der Waals surface area contributed by atoms with E-state index in [9.17, 15) is 5.11 Å². The van der Waals surface area contributed by atoms with Crippen LogP contribution in [0.4, 0.5) is 11.6 Å². The molecule has 1 unspecified atom stereocenters. The first-order chi connectivity index (χ1) is 11.1. The van der Waals surface area contributed by atoms with E-state index in [-0.39, 0.29) is 18.2 Å². The van der Waals surface area contributed by atoms with Crippen molar-refractivity contribution in [2.45, 2.75) is 38.7 Å². The summed E-state index contributed by atoms with van der Waals surface area (Å²) in [6, 6.07) is 5.33. The van der Waals surface area contributed by atoms with Crippen LogP contribution >= 0.6 is 28.3 Å². The summed E-state index contributed by atoms with van der Waals surface area (Å²) in [6.07, 6.45) is 6.26. The van der Waals surface area contributed by atoms with Crippen molar-refractivity contribution in [2.75, 3.05) is 11.9 Å². The number of phenolic OH excluding ortho intramolecular Hbond substituents is 1. The zero-order chi connectivity index (χ0) is 16.2. The number of anilines is 2. The lowest BCUT2D eigenvalue weighted by atomic mass is 10.1. The number of phenols is 1. The third-order valence-electron chi connectivity index (χ3n) is 4.00. The van der Waals surface area contributed by atoms with E-state index in [4.69, 9.17) is 4.74 Å². The molecule has 2 N–H and O–H groups in total. The Morgan fingerprint density at radius 3 is 2.96 bits per heavy atom. The van der Waals surface area contributed by atoms with E-state index in [0.29, 0.717) is 12.1 Å². The predicted molar refractivity (Wildman–Crippen MR) is 100 cm³/mol. The van der Waals surface area contributed by atoms with Gasteiger partial charge in [0, 0.05) is 18.5 Å². The lowest BCUT2D eigenvalue weighted by Crippen LogP contribution is -2.08. The number of ether oxygens (including phenoxy) is 1. The number of hydrogen-bond acceptors (Lipinski definition) is 5. The molecular weight excluding hydrogens is 394 g/mol. The molecule has 7 heteroatoms. The number of halogens is 2. The fraction of sp³-hybridized carbons (Fsp3) is 0.412. The molecule has 2 heterocycles. The summed E-state index contributed by atoms with van der Waals surface area (Å²) < 4.78 is 6.59. The molecule has 1 saturated heterocycles. The molecule has 0 aliphatic carbocycles.